The monoisotopic (exact) mass is 433 g/mol. The van der Waals surface area contributed by atoms with E-state index in [1.54, 1.807) is 18.3 Å². The number of phenols is 3. The summed E-state index contributed by atoms with van der Waals surface area (Å²) in [6, 6.07) is 18.8. The Kier molecular flexibility index (Phi) is 5.72. The van der Waals surface area contributed by atoms with Gasteiger partial charge in [0.05, 0.1) is 19.0 Å². The van der Waals surface area contributed by atoms with Gasteiger partial charge in [0.15, 0.2) is 11.5 Å². The molecule has 1 aromatic heterocycles. The Labute approximate surface area is 182 Å². The Bertz CT molecular complexity index is 1310. The fraction of sp³-hybridized carbons (Fsp3) is 0.0435. The van der Waals surface area contributed by atoms with Gasteiger partial charge in [0.2, 0.25) is 4.80 Å². The number of aromatic hydroxyl groups is 3. The quantitative estimate of drug-likeness (QED) is 0.249. The minimum atomic E-state index is 0.0477. The highest BCUT2D eigenvalue weighted by atomic mass is 32.1. The van der Waals surface area contributed by atoms with Crippen molar-refractivity contribution in [2.24, 2.45) is 10.2 Å². The number of phenolic OH excluding ortho intramolecular Hbond substituents is 3. The van der Waals surface area contributed by atoms with Gasteiger partial charge in [0, 0.05) is 16.6 Å². The first-order valence-corrected chi connectivity index (χ1v) is 10.2. The van der Waals surface area contributed by atoms with Crippen LogP contribution in [0.4, 0.5) is 0 Å². The average Bonchev–Trinajstić information content (AvgIpc) is 3.20. The molecule has 0 bridgehead atoms. The number of thiazole rings is 1. The van der Waals surface area contributed by atoms with Crippen LogP contribution in [-0.2, 0) is 0 Å². The minimum absolute atomic E-state index is 0.0477. The van der Waals surface area contributed by atoms with Gasteiger partial charge < -0.3 is 20.1 Å². The molecule has 0 saturated carbocycles. The third kappa shape index (κ3) is 4.29. The molecule has 0 amide bonds. The fourth-order valence-corrected chi connectivity index (χ4v) is 3.90. The van der Waals surface area contributed by atoms with E-state index in [2.05, 4.69) is 10.2 Å². The van der Waals surface area contributed by atoms with E-state index in [9.17, 15) is 15.3 Å². The lowest BCUT2D eigenvalue weighted by molar-refractivity contribution is 0.373. The number of ether oxygens (including phenoxy) is 1. The van der Waals surface area contributed by atoms with Gasteiger partial charge in [-0.25, -0.2) is 0 Å². The maximum absolute atomic E-state index is 10.4. The second-order valence-electron chi connectivity index (χ2n) is 6.55. The normalized spacial score (nSPS) is 11.8. The SMILES string of the molecule is COc1cc(/C=N/N=c2\scc(-c3cc(O)ccc3O)n2-c2ccccc2)ccc1O. The highest BCUT2D eigenvalue weighted by Crippen LogP contribution is 2.33. The van der Waals surface area contributed by atoms with Crippen LogP contribution in [0.1, 0.15) is 5.56 Å². The minimum Gasteiger partial charge on any atom is -0.508 e. The lowest BCUT2D eigenvalue weighted by atomic mass is 10.1. The fourth-order valence-electron chi connectivity index (χ4n) is 3.04. The van der Waals surface area contributed by atoms with Gasteiger partial charge in [-0.05, 0) is 54.1 Å². The van der Waals surface area contributed by atoms with Crippen LogP contribution in [0.25, 0.3) is 16.9 Å². The Morgan fingerprint density at radius 2 is 1.71 bits per heavy atom. The summed E-state index contributed by atoms with van der Waals surface area (Å²) in [7, 11) is 1.48. The van der Waals surface area contributed by atoms with Crippen molar-refractivity contribution >= 4 is 17.6 Å². The van der Waals surface area contributed by atoms with Gasteiger partial charge >= 0.3 is 0 Å². The maximum atomic E-state index is 10.4. The summed E-state index contributed by atoms with van der Waals surface area (Å²) in [6.07, 6.45) is 1.56. The first kappa shape index (κ1) is 20.2. The van der Waals surface area contributed by atoms with E-state index in [0.717, 1.165) is 5.69 Å². The highest BCUT2D eigenvalue weighted by Gasteiger charge is 2.14. The summed E-state index contributed by atoms with van der Waals surface area (Å²) >= 11 is 1.35. The molecule has 0 atom stereocenters. The first-order valence-electron chi connectivity index (χ1n) is 9.29. The van der Waals surface area contributed by atoms with E-state index in [1.807, 2.05) is 40.3 Å². The van der Waals surface area contributed by atoms with E-state index in [0.29, 0.717) is 27.4 Å². The Hall–Kier alpha value is -4.04. The molecule has 0 aliphatic heterocycles. The number of nitrogens with zero attached hydrogens (tertiary/aromatic N) is 3. The lowest BCUT2D eigenvalue weighted by Gasteiger charge is -2.10. The molecule has 7 nitrogen and oxygen atoms in total. The van der Waals surface area contributed by atoms with Crippen molar-refractivity contribution < 1.29 is 20.1 Å². The number of methoxy groups -OCH3 is 1. The second kappa shape index (κ2) is 8.76. The molecule has 8 heteroatoms. The molecule has 156 valence electrons. The standard InChI is InChI=1S/C23H19N3O4S/c1-30-22-11-15(7-9-21(22)29)13-24-25-23-26(16-5-3-2-4-6-16)19(14-31-23)18-12-17(27)8-10-20(18)28/h2-14,27-29H,1H3/b24-13+,25-23-. The molecule has 3 aromatic carbocycles. The van der Waals surface area contributed by atoms with Crippen molar-refractivity contribution in [2.45, 2.75) is 0 Å². The van der Waals surface area contributed by atoms with E-state index in [1.165, 1.54) is 42.7 Å². The number of hydrogen-bond acceptors (Lipinski definition) is 7. The van der Waals surface area contributed by atoms with Crippen LogP contribution in [0.2, 0.25) is 0 Å². The van der Waals surface area contributed by atoms with E-state index >= 15 is 0 Å². The Morgan fingerprint density at radius 3 is 2.48 bits per heavy atom. The second-order valence-corrected chi connectivity index (χ2v) is 7.39. The van der Waals surface area contributed by atoms with Gasteiger partial charge in [-0.15, -0.1) is 16.4 Å². The maximum Gasteiger partial charge on any atom is 0.215 e. The number of rotatable bonds is 5. The predicted molar refractivity (Wildman–Crippen MR) is 120 cm³/mol. The third-order valence-corrected chi connectivity index (χ3v) is 5.35. The predicted octanol–water partition coefficient (Wildman–Crippen LogP) is 4.27. The molecular formula is C23H19N3O4S. The zero-order chi connectivity index (χ0) is 21.8. The van der Waals surface area contributed by atoms with Crippen LogP contribution in [-0.4, -0.2) is 33.2 Å². The van der Waals surface area contributed by atoms with Crippen molar-refractivity contribution in [1.82, 2.24) is 4.57 Å². The molecule has 4 aromatic rings. The molecule has 0 spiro atoms. The number of aromatic nitrogens is 1. The molecule has 0 aliphatic rings. The molecule has 0 unspecified atom stereocenters. The molecule has 0 fully saturated rings. The molecular weight excluding hydrogens is 414 g/mol. The van der Waals surface area contributed by atoms with Crippen molar-refractivity contribution in [1.29, 1.82) is 0 Å². The average molecular weight is 433 g/mol. The van der Waals surface area contributed by atoms with Gasteiger partial charge in [-0.2, -0.15) is 5.10 Å². The zero-order valence-corrected chi connectivity index (χ0v) is 17.3. The largest absolute Gasteiger partial charge is 0.508 e. The molecule has 0 saturated heterocycles. The van der Waals surface area contributed by atoms with Gasteiger partial charge in [-0.1, -0.05) is 18.2 Å². The number of hydrogen-bond donors (Lipinski definition) is 3. The Balaban J connectivity index is 1.81. The lowest BCUT2D eigenvalue weighted by Crippen LogP contribution is -2.13. The summed E-state index contributed by atoms with van der Waals surface area (Å²) in [5, 5.41) is 40.4. The van der Waals surface area contributed by atoms with E-state index in [4.69, 9.17) is 4.74 Å². The summed E-state index contributed by atoms with van der Waals surface area (Å²) in [5.74, 6) is 0.497. The molecule has 0 aliphatic carbocycles. The summed E-state index contributed by atoms with van der Waals surface area (Å²) in [5.41, 5.74) is 2.70. The van der Waals surface area contributed by atoms with Gasteiger partial charge in [0.25, 0.3) is 0 Å². The van der Waals surface area contributed by atoms with E-state index in [-0.39, 0.29) is 17.2 Å². The van der Waals surface area contributed by atoms with E-state index < -0.39 is 0 Å². The Morgan fingerprint density at radius 1 is 0.935 bits per heavy atom. The summed E-state index contributed by atoms with van der Waals surface area (Å²) < 4.78 is 6.97. The number of benzene rings is 3. The smallest absolute Gasteiger partial charge is 0.215 e. The van der Waals surface area contributed by atoms with Crippen molar-refractivity contribution in [3.63, 3.8) is 0 Å². The van der Waals surface area contributed by atoms with Crippen LogP contribution in [0.5, 0.6) is 23.0 Å². The zero-order valence-electron chi connectivity index (χ0n) is 16.5. The van der Waals surface area contributed by atoms with Crippen molar-refractivity contribution in [2.75, 3.05) is 7.11 Å². The van der Waals surface area contributed by atoms with Crippen LogP contribution >= 0.6 is 11.3 Å². The molecule has 1 heterocycles. The first-order chi connectivity index (χ1) is 15.1. The van der Waals surface area contributed by atoms with Crippen molar-refractivity contribution in [3.8, 4) is 39.9 Å². The summed E-state index contributed by atoms with van der Waals surface area (Å²) in [4.78, 5) is 0.575. The molecule has 0 radical (unpaired) electrons. The third-order valence-electron chi connectivity index (χ3n) is 4.53. The number of para-hydroxylation sites is 1. The highest BCUT2D eigenvalue weighted by molar-refractivity contribution is 7.07. The van der Waals surface area contributed by atoms with Crippen LogP contribution in [0, 0.1) is 0 Å². The molecule has 3 N–H and O–H groups in total. The van der Waals surface area contributed by atoms with Gasteiger partial charge in [0.1, 0.15) is 11.5 Å². The topological polar surface area (TPSA) is 99.6 Å². The molecule has 4 rings (SSSR count). The van der Waals surface area contributed by atoms with Crippen LogP contribution in [0.15, 0.2) is 82.3 Å². The van der Waals surface area contributed by atoms with Gasteiger partial charge in [-0.3, -0.25) is 4.57 Å². The van der Waals surface area contributed by atoms with Crippen LogP contribution in [0.3, 0.4) is 0 Å². The summed E-state index contributed by atoms with van der Waals surface area (Å²) in [6.45, 7) is 0. The van der Waals surface area contributed by atoms with Crippen molar-refractivity contribution in [3.05, 3.63) is 82.5 Å². The molecule has 31 heavy (non-hydrogen) atoms. The van der Waals surface area contributed by atoms with Crippen LogP contribution < -0.4 is 9.54 Å².